The summed E-state index contributed by atoms with van der Waals surface area (Å²) in [5.74, 6) is 1.50. The van der Waals surface area contributed by atoms with Gasteiger partial charge in [-0.15, -0.1) is 0 Å². The molecule has 0 radical (unpaired) electrons. The summed E-state index contributed by atoms with van der Waals surface area (Å²) < 4.78 is 27.2. The third-order valence-electron chi connectivity index (χ3n) is 3.45. The van der Waals surface area contributed by atoms with Gasteiger partial charge >= 0.3 is 0 Å². The SMILES string of the molecule is COc1cccc(O[C@H]2CC[C@@H]2NS(=O)C(C)(C)C)c1Br. The highest BCUT2D eigenvalue weighted by molar-refractivity contribution is 9.10. The molecule has 0 bridgehead atoms. The maximum Gasteiger partial charge on any atom is 0.137 e. The molecule has 0 aromatic heterocycles. The van der Waals surface area contributed by atoms with Crippen molar-refractivity contribution < 1.29 is 13.7 Å². The van der Waals surface area contributed by atoms with Crippen LogP contribution in [0.1, 0.15) is 33.6 Å². The van der Waals surface area contributed by atoms with E-state index in [9.17, 15) is 4.21 Å². The van der Waals surface area contributed by atoms with Crippen molar-refractivity contribution in [2.75, 3.05) is 7.11 Å². The summed E-state index contributed by atoms with van der Waals surface area (Å²) in [6, 6.07) is 5.81. The van der Waals surface area contributed by atoms with E-state index in [1.165, 1.54) is 0 Å². The van der Waals surface area contributed by atoms with E-state index in [0.717, 1.165) is 28.8 Å². The lowest BCUT2D eigenvalue weighted by Crippen LogP contribution is -2.53. The van der Waals surface area contributed by atoms with Gasteiger partial charge < -0.3 is 9.47 Å². The van der Waals surface area contributed by atoms with Gasteiger partial charge in [0.25, 0.3) is 0 Å². The number of benzene rings is 1. The third kappa shape index (κ3) is 3.99. The highest BCUT2D eigenvalue weighted by Gasteiger charge is 2.36. The van der Waals surface area contributed by atoms with Crippen LogP contribution in [-0.4, -0.2) is 28.2 Å². The molecule has 0 aliphatic heterocycles. The Morgan fingerprint density at radius 1 is 1.29 bits per heavy atom. The van der Waals surface area contributed by atoms with Crippen molar-refractivity contribution in [3.63, 3.8) is 0 Å². The molecule has 118 valence electrons. The molecule has 21 heavy (non-hydrogen) atoms. The van der Waals surface area contributed by atoms with Crippen molar-refractivity contribution in [1.82, 2.24) is 4.72 Å². The van der Waals surface area contributed by atoms with Crippen LogP contribution < -0.4 is 14.2 Å². The third-order valence-corrected chi connectivity index (χ3v) is 5.86. The van der Waals surface area contributed by atoms with Crippen molar-refractivity contribution >= 4 is 26.9 Å². The topological polar surface area (TPSA) is 47.6 Å². The standard InChI is InChI=1S/C15H22BrNO3S/c1-15(2,3)21(18)17-10-8-9-11(10)20-13-7-5-6-12(19-4)14(13)16/h5-7,10-11,17H,8-9H2,1-4H3/t10-,11-,21?/m0/s1. The maximum absolute atomic E-state index is 12.1. The zero-order chi connectivity index (χ0) is 15.6. The number of hydrogen-bond acceptors (Lipinski definition) is 3. The number of nitrogens with one attached hydrogen (secondary N) is 1. The molecular formula is C15H22BrNO3S. The molecule has 0 saturated heterocycles. The summed E-state index contributed by atoms with van der Waals surface area (Å²) in [4.78, 5) is 0. The molecule has 1 aromatic carbocycles. The molecule has 1 fully saturated rings. The Balaban J connectivity index is 2.00. The number of halogens is 1. The normalized spacial score (nSPS) is 23.3. The fraction of sp³-hybridized carbons (Fsp3) is 0.600. The van der Waals surface area contributed by atoms with Crippen molar-refractivity contribution in [2.45, 2.75) is 50.5 Å². The predicted octanol–water partition coefficient (Wildman–Crippen LogP) is 3.42. The second kappa shape index (κ2) is 6.67. The quantitative estimate of drug-likeness (QED) is 0.857. The van der Waals surface area contributed by atoms with E-state index in [-0.39, 0.29) is 16.9 Å². The lowest BCUT2D eigenvalue weighted by molar-refractivity contribution is 0.0842. The molecule has 6 heteroatoms. The fourth-order valence-electron chi connectivity index (χ4n) is 1.96. The minimum absolute atomic E-state index is 0.0414. The van der Waals surface area contributed by atoms with Gasteiger partial charge in [-0.05, 0) is 61.7 Å². The summed E-state index contributed by atoms with van der Waals surface area (Å²) in [5.41, 5.74) is 0. The Morgan fingerprint density at radius 3 is 2.48 bits per heavy atom. The van der Waals surface area contributed by atoms with Crippen LogP contribution in [0, 0.1) is 0 Å². The second-order valence-electron chi connectivity index (χ2n) is 6.11. The van der Waals surface area contributed by atoms with E-state index in [1.54, 1.807) is 7.11 Å². The van der Waals surface area contributed by atoms with Crippen molar-refractivity contribution in [2.24, 2.45) is 0 Å². The summed E-state index contributed by atoms with van der Waals surface area (Å²) >= 11 is 3.50. The lowest BCUT2D eigenvalue weighted by atomic mass is 9.90. The average Bonchev–Trinajstić information content (AvgIpc) is 2.41. The first-order valence-electron chi connectivity index (χ1n) is 7.00. The van der Waals surface area contributed by atoms with E-state index in [4.69, 9.17) is 9.47 Å². The number of rotatable bonds is 5. The molecule has 2 rings (SSSR count). The molecule has 3 atom stereocenters. The van der Waals surface area contributed by atoms with Gasteiger partial charge in [0.05, 0.1) is 28.9 Å². The van der Waals surface area contributed by atoms with Gasteiger partial charge in [-0.2, -0.15) is 0 Å². The van der Waals surface area contributed by atoms with Crippen LogP contribution in [0.3, 0.4) is 0 Å². The summed E-state index contributed by atoms with van der Waals surface area (Å²) in [6.45, 7) is 5.88. The van der Waals surface area contributed by atoms with Gasteiger partial charge in [0, 0.05) is 0 Å². The number of methoxy groups -OCH3 is 1. The molecule has 0 amide bonds. The van der Waals surface area contributed by atoms with E-state index in [1.807, 2.05) is 39.0 Å². The van der Waals surface area contributed by atoms with Crippen molar-refractivity contribution in [3.8, 4) is 11.5 Å². The molecule has 1 aliphatic carbocycles. The van der Waals surface area contributed by atoms with E-state index in [2.05, 4.69) is 20.7 Å². The molecule has 1 aliphatic rings. The Morgan fingerprint density at radius 2 is 1.95 bits per heavy atom. The van der Waals surface area contributed by atoms with E-state index >= 15 is 0 Å². The van der Waals surface area contributed by atoms with Crippen LogP contribution in [0.15, 0.2) is 22.7 Å². The van der Waals surface area contributed by atoms with Crippen molar-refractivity contribution in [3.05, 3.63) is 22.7 Å². The van der Waals surface area contributed by atoms with Crippen LogP contribution in [-0.2, 0) is 11.0 Å². The Labute approximate surface area is 137 Å². The lowest BCUT2D eigenvalue weighted by Gasteiger charge is -2.38. The molecule has 0 spiro atoms. The van der Waals surface area contributed by atoms with Crippen LogP contribution >= 0.6 is 15.9 Å². The van der Waals surface area contributed by atoms with Gasteiger partial charge in [-0.1, -0.05) is 6.07 Å². The average molecular weight is 376 g/mol. The zero-order valence-electron chi connectivity index (χ0n) is 12.8. The number of ether oxygens (including phenoxy) is 2. The second-order valence-corrected chi connectivity index (χ2v) is 8.90. The van der Waals surface area contributed by atoms with Gasteiger partial charge in [-0.25, -0.2) is 8.93 Å². The van der Waals surface area contributed by atoms with Crippen LogP contribution in [0.25, 0.3) is 0 Å². The Hall–Kier alpha value is -0.590. The van der Waals surface area contributed by atoms with Crippen LogP contribution in [0.2, 0.25) is 0 Å². The molecule has 4 nitrogen and oxygen atoms in total. The van der Waals surface area contributed by atoms with E-state index < -0.39 is 11.0 Å². The summed E-state index contributed by atoms with van der Waals surface area (Å²) in [7, 11) is 0.557. The number of hydrogen-bond donors (Lipinski definition) is 1. The highest BCUT2D eigenvalue weighted by Crippen LogP contribution is 2.37. The molecule has 1 aromatic rings. The first kappa shape index (κ1) is 16.8. The maximum atomic E-state index is 12.1. The van der Waals surface area contributed by atoms with Gasteiger partial charge in [0.1, 0.15) is 22.1 Å². The van der Waals surface area contributed by atoms with Crippen LogP contribution in [0.4, 0.5) is 0 Å². The minimum Gasteiger partial charge on any atom is -0.495 e. The first-order chi connectivity index (χ1) is 9.82. The van der Waals surface area contributed by atoms with Crippen LogP contribution in [0.5, 0.6) is 11.5 Å². The minimum atomic E-state index is -1.07. The molecule has 1 unspecified atom stereocenters. The van der Waals surface area contributed by atoms with Crippen molar-refractivity contribution in [1.29, 1.82) is 0 Å². The van der Waals surface area contributed by atoms with Gasteiger partial charge in [0.15, 0.2) is 0 Å². The predicted molar refractivity (Wildman–Crippen MR) is 89.2 cm³/mol. The first-order valence-corrected chi connectivity index (χ1v) is 8.94. The highest BCUT2D eigenvalue weighted by atomic mass is 79.9. The van der Waals surface area contributed by atoms with Gasteiger partial charge in [-0.3, -0.25) is 0 Å². The monoisotopic (exact) mass is 375 g/mol. The zero-order valence-corrected chi connectivity index (χ0v) is 15.2. The molecule has 1 N–H and O–H groups in total. The smallest absolute Gasteiger partial charge is 0.137 e. The molecule has 1 saturated carbocycles. The van der Waals surface area contributed by atoms with E-state index in [0.29, 0.717) is 0 Å². The Kier molecular flexibility index (Phi) is 5.33. The molecular weight excluding hydrogens is 354 g/mol. The largest absolute Gasteiger partial charge is 0.495 e. The fourth-order valence-corrected chi connectivity index (χ4v) is 3.38. The summed E-state index contributed by atoms with van der Waals surface area (Å²) in [6.07, 6.45) is 1.98. The molecule has 0 heterocycles. The summed E-state index contributed by atoms with van der Waals surface area (Å²) in [5, 5.41) is 0. The van der Waals surface area contributed by atoms with Gasteiger partial charge in [0.2, 0.25) is 0 Å². The Bertz CT molecular complexity index is 530.